The van der Waals surface area contributed by atoms with Crippen molar-refractivity contribution >= 4 is 23.2 Å². The maximum atomic E-state index is 12.4. The Morgan fingerprint density at radius 1 is 1.36 bits per heavy atom. The molecule has 1 fully saturated rings. The third kappa shape index (κ3) is 4.66. The summed E-state index contributed by atoms with van der Waals surface area (Å²) in [7, 11) is 1.76. The first-order valence-corrected chi connectivity index (χ1v) is 9.36. The maximum Gasteiger partial charge on any atom is 0.242 e. The zero-order chi connectivity index (χ0) is 17.8. The van der Waals surface area contributed by atoms with Gasteiger partial charge in [0.2, 0.25) is 11.8 Å². The molecular weight excluding hydrogens is 334 g/mol. The summed E-state index contributed by atoms with van der Waals surface area (Å²) in [4.78, 5) is 32.4. The summed E-state index contributed by atoms with van der Waals surface area (Å²) in [6.45, 7) is 3.25. The molecule has 0 saturated carbocycles. The number of aryl methyl sites for hydroxylation is 1. The second-order valence-corrected chi connectivity index (χ2v) is 7.61. The Labute approximate surface area is 152 Å². The molecule has 1 aliphatic rings. The van der Waals surface area contributed by atoms with Crippen LogP contribution in [0.1, 0.15) is 22.7 Å². The topological polar surface area (TPSA) is 53.5 Å². The van der Waals surface area contributed by atoms with Crippen LogP contribution in [0.5, 0.6) is 0 Å². The van der Waals surface area contributed by atoms with Crippen LogP contribution in [0.25, 0.3) is 0 Å². The summed E-state index contributed by atoms with van der Waals surface area (Å²) in [6, 6.07) is 10.2. The number of likely N-dealkylation sites (tertiary alicyclic amines) is 1. The number of benzene rings is 1. The van der Waals surface area contributed by atoms with Gasteiger partial charge in [-0.3, -0.25) is 9.59 Å². The molecule has 0 bridgehead atoms. The molecule has 0 radical (unpaired) electrons. The minimum atomic E-state index is -0.0402. The van der Waals surface area contributed by atoms with Gasteiger partial charge in [0, 0.05) is 31.1 Å². The van der Waals surface area contributed by atoms with E-state index in [-0.39, 0.29) is 24.3 Å². The van der Waals surface area contributed by atoms with Crippen molar-refractivity contribution in [1.29, 1.82) is 0 Å². The number of carbonyl (C=O) groups excluding carboxylic acids is 2. The van der Waals surface area contributed by atoms with Crippen LogP contribution in [0.4, 0.5) is 0 Å². The third-order valence-corrected chi connectivity index (χ3v) is 5.40. The van der Waals surface area contributed by atoms with Gasteiger partial charge in [0.15, 0.2) is 0 Å². The molecule has 5 nitrogen and oxygen atoms in total. The highest BCUT2D eigenvalue weighted by atomic mass is 32.1. The Morgan fingerprint density at radius 2 is 2.12 bits per heavy atom. The standard InChI is InChI=1S/C19H23N3O2S/c1-14-13-25-17(20-14)11-21(2)19(24)12-22-10-16(9-18(22)23)8-15-6-4-3-5-7-15/h3-7,13,16H,8-12H2,1-2H3. The van der Waals surface area contributed by atoms with Crippen LogP contribution in [0.3, 0.4) is 0 Å². The van der Waals surface area contributed by atoms with Crippen LogP contribution in [0, 0.1) is 12.8 Å². The van der Waals surface area contributed by atoms with Crippen molar-refractivity contribution in [2.45, 2.75) is 26.3 Å². The van der Waals surface area contributed by atoms with Crippen molar-refractivity contribution in [3.05, 3.63) is 52.0 Å². The van der Waals surface area contributed by atoms with Crippen molar-refractivity contribution < 1.29 is 9.59 Å². The molecule has 0 N–H and O–H groups in total. The Hall–Kier alpha value is -2.21. The Morgan fingerprint density at radius 3 is 2.80 bits per heavy atom. The van der Waals surface area contributed by atoms with Crippen LogP contribution in [0.15, 0.2) is 35.7 Å². The first kappa shape index (κ1) is 17.6. The van der Waals surface area contributed by atoms with Crippen molar-refractivity contribution in [2.75, 3.05) is 20.1 Å². The number of aromatic nitrogens is 1. The highest BCUT2D eigenvalue weighted by Gasteiger charge is 2.31. The third-order valence-electron chi connectivity index (χ3n) is 4.45. The van der Waals surface area contributed by atoms with Gasteiger partial charge in [0.1, 0.15) is 5.01 Å². The number of likely N-dealkylation sites (N-methyl/N-ethyl adjacent to an activating group) is 1. The molecule has 0 aliphatic carbocycles. The average molecular weight is 357 g/mol. The Kier molecular flexibility index (Phi) is 5.48. The molecule has 1 aliphatic heterocycles. The smallest absolute Gasteiger partial charge is 0.242 e. The second kappa shape index (κ2) is 7.78. The second-order valence-electron chi connectivity index (χ2n) is 6.67. The molecule has 1 saturated heterocycles. The number of hydrogen-bond acceptors (Lipinski definition) is 4. The molecule has 1 unspecified atom stereocenters. The van der Waals surface area contributed by atoms with Crippen LogP contribution < -0.4 is 0 Å². The van der Waals surface area contributed by atoms with Crippen LogP contribution in [0.2, 0.25) is 0 Å². The molecule has 25 heavy (non-hydrogen) atoms. The zero-order valence-electron chi connectivity index (χ0n) is 14.6. The van der Waals surface area contributed by atoms with Crippen LogP contribution >= 0.6 is 11.3 Å². The number of thiazole rings is 1. The first-order valence-electron chi connectivity index (χ1n) is 8.48. The molecule has 1 atom stereocenters. The highest BCUT2D eigenvalue weighted by molar-refractivity contribution is 7.09. The van der Waals surface area contributed by atoms with E-state index in [4.69, 9.17) is 0 Å². The highest BCUT2D eigenvalue weighted by Crippen LogP contribution is 2.22. The van der Waals surface area contributed by atoms with E-state index < -0.39 is 0 Å². The van der Waals surface area contributed by atoms with Crippen molar-refractivity contribution in [2.24, 2.45) is 5.92 Å². The minimum Gasteiger partial charge on any atom is -0.337 e. The van der Waals surface area contributed by atoms with Crippen molar-refractivity contribution in [3.8, 4) is 0 Å². The summed E-state index contributed by atoms with van der Waals surface area (Å²) in [5, 5.41) is 2.90. The Bertz CT molecular complexity index is 744. The molecule has 1 aromatic heterocycles. The van der Waals surface area contributed by atoms with Crippen molar-refractivity contribution in [3.63, 3.8) is 0 Å². The molecule has 132 valence electrons. The number of hydrogen-bond donors (Lipinski definition) is 0. The number of rotatable bonds is 6. The van der Waals surface area contributed by atoms with E-state index in [0.717, 1.165) is 17.1 Å². The lowest BCUT2D eigenvalue weighted by molar-refractivity contribution is -0.137. The minimum absolute atomic E-state index is 0.0402. The number of nitrogens with zero attached hydrogens (tertiary/aromatic N) is 3. The average Bonchev–Trinajstić information content (AvgIpc) is 3.14. The largest absolute Gasteiger partial charge is 0.337 e. The van der Waals surface area contributed by atoms with E-state index in [1.807, 2.05) is 30.5 Å². The van der Waals surface area contributed by atoms with Gasteiger partial charge in [-0.05, 0) is 24.8 Å². The van der Waals surface area contributed by atoms with Crippen LogP contribution in [-0.4, -0.2) is 46.7 Å². The molecule has 6 heteroatoms. The van der Waals surface area contributed by atoms with Crippen LogP contribution in [-0.2, 0) is 22.6 Å². The quantitative estimate of drug-likeness (QED) is 0.798. The van der Waals surface area contributed by atoms with Gasteiger partial charge in [0.05, 0.1) is 13.1 Å². The van der Waals surface area contributed by atoms with Gasteiger partial charge >= 0.3 is 0 Å². The number of carbonyl (C=O) groups is 2. The summed E-state index contributed by atoms with van der Waals surface area (Å²) in [5.74, 6) is 0.323. The zero-order valence-corrected chi connectivity index (χ0v) is 15.5. The van der Waals surface area contributed by atoms with E-state index in [1.165, 1.54) is 5.56 Å². The lowest BCUT2D eigenvalue weighted by atomic mass is 9.99. The van der Waals surface area contributed by atoms with Gasteiger partial charge in [-0.2, -0.15) is 0 Å². The summed E-state index contributed by atoms with van der Waals surface area (Å²) >= 11 is 1.55. The molecule has 1 aromatic carbocycles. The van der Waals surface area contributed by atoms with Gasteiger partial charge in [-0.15, -0.1) is 11.3 Å². The summed E-state index contributed by atoms with van der Waals surface area (Å²) < 4.78 is 0. The Balaban J connectivity index is 1.51. The van der Waals surface area contributed by atoms with Gasteiger partial charge < -0.3 is 9.80 Å². The van der Waals surface area contributed by atoms with E-state index in [0.29, 0.717) is 19.5 Å². The first-order chi connectivity index (χ1) is 12.0. The monoisotopic (exact) mass is 357 g/mol. The van der Waals surface area contributed by atoms with Crippen molar-refractivity contribution in [1.82, 2.24) is 14.8 Å². The lowest BCUT2D eigenvalue weighted by Crippen LogP contribution is -2.38. The van der Waals surface area contributed by atoms with Gasteiger partial charge in [-0.25, -0.2) is 4.98 Å². The fraction of sp³-hybridized carbons (Fsp3) is 0.421. The number of amides is 2. The molecular formula is C19H23N3O2S. The van der Waals surface area contributed by atoms with E-state index >= 15 is 0 Å². The predicted molar refractivity (Wildman–Crippen MR) is 98.2 cm³/mol. The fourth-order valence-corrected chi connectivity index (χ4v) is 3.97. The molecule has 0 spiro atoms. The van der Waals surface area contributed by atoms with Gasteiger partial charge in [-0.1, -0.05) is 30.3 Å². The maximum absolute atomic E-state index is 12.4. The van der Waals surface area contributed by atoms with Gasteiger partial charge in [0.25, 0.3) is 0 Å². The summed E-state index contributed by atoms with van der Waals surface area (Å²) in [5.41, 5.74) is 2.21. The fourth-order valence-electron chi connectivity index (χ4n) is 3.14. The molecule has 3 rings (SSSR count). The summed E-state index contributed by atoms with van der Waals surface area (Å²) in [6.07, 6.45) is 1.41. The van der Waals surface area contributed by atoms with E-state index in [2.05, 4.69) is 17.1 Å². The molecule has 2 heterocycles. The normalized spacial score (nSPS) is 17.1. The predicted octanol–water partition coefficient (Wildman–Crippen LogP) is 2.50. The molecule has 2 amide bonds. The van der Waals surface area contributed by atoms with E-state index in [1.54, 1.807) is 28.2 Å². The molecule has 2 aromatic rings. The SMILES string of the molecule is Cc1csc(CN(C)C(=O)CN2CC(Cc3ccccc3)CC2=O)n1. The lowest BCUT2D eigenvalue weighted by Gasteiger charge is -2.21. The van der Waals surface area contributed by atoms with E-state index in [9.17, 15) is 9.59 Å².